The number of carbonyl (C=O) groups is 2. The molecule has 5 heteroatoms. The molecule has 4 unspecified atom stereocenters. The number of hydrogen-bond donors (Lipinski definition) is 0. The molecule has 0 saturated carbocycles. The highest BCUT2D eigenvalue weighted by Gasteiger charge is 2.52. The Morgan fingerprint density at radius 3 is 2.38 bits per heavy atom. The van der Waals surface area contributed by atoms with Crippen molar-refractivity contribution in [3.05, 3.63) is 82.4 Å². The van der Waals surface area contributed by atoms with Gasteiger partial charge in [0, 0.05) is 16.0 Å². The van der Waals surface area contributed by atoms with Crippen molar-refractivity contribution < 1.29 is 9.59 Å². The van der Waals surface area contributed by atoms with Gasteiger partial charge in [0.05, 0.1) is 17.5 Å². The molecule has 0 spiro atoms. The maximum atomic E-state index is 14.1. The average molecular weight is 472 g/mol. The van der Waals surface area contributed by atoms with E-state index in [4.69, 9.17) is 23.2 Å². The minimum atomic E-state index is -0.611. The van der Waals surface area contributed by atoms with E-state index >= 15 is 0 Å². The summed E-state index contributed by atoms with van der Waals surface area (Å²) in [6.07, 6.45) is 4.28. The Morgan fingerprint density at radius 1 is 1.16 bits per heavy atom. The van der Waals surface area contributed by atoms with Gasteiger partial charge in [-0.15, -0.1) is 6.58 Å². The molecular formula is C27H31Cl2NO2. The monoisotopic (exact) mass is 471 g/mol. The van der Waals surface area contributed by atoms with E-state index in [-0.39, 0.29) is 23.7 Å². The largest absolute Gasteiger partial charge is 0.325 e. The summed E-state index contributed by atoms with van der Waals surface area (Å²) in [6, 6.07) is 14.7. The molecule has 0 aliphatic carbocycles. The van der Waals surface area contributed by atoms with Crippen LogP contribution in [0.2, 0.25) is 10.0 Å². The number of nitrogens with zero attached hydrogens (tertiary/aromatic N) is 1. The SMILES string of the molecule is C=CCC1(CC)CC(c2cccc(Cl)c2)C(c2ccc(Cl)cc2)N(C(CC)C(C)=O)C1=O. The number of allylic oxidation sites excluding steroid dienone is 1. The summed E-state index contributed by atoms with van der Waals surface area (Å²) in [5, 5.41) is 1.29. The Hall–Kier alpha value is -2.10. The molecule has 1 heterocycles. The summed E-state index contributed by atoms with van der Waals surface area (Å²) in [5.41, 5.74) is 1.42. The van der Waals surface area contributed by atoms with Crippen molar-refractivity contribution >= 4 is 34.9 Å². The summed E-state index contributed by atoms with van der Waals surface area (Å²) < 4.78 is 0. The summed E-state index contributed by atoms with van der Waals surface area (Å²) in [5.74, 6) is -0.00350. The van der Waals surface area contributed by atoms with Gasteiger partial charge in [-0.3, -0.25) is 9.59 Å². The highest BCUT2D eigenvalue weighted by atomic mass is 35.5. The number of piperidine rings is 1. The van der Waals surface area contributed by atoms with Gasteiger partial charge in [-0.1, -0.05) is 67.4 Å². The fourth-order valence-electron chi connectivity index (χ4n) is 5.21. The number of benzene rings is 2. The van der Waals surface area contributed by atoms with E-state index in [0.717, 1.165) is 11.1 Å². The molecule has 1 fully saturated rings. The second kappa shape index (κ2) is 10.2. The van der Waals surface area contributed by atoms with Crippen LogP contribution in [-0.4, -0.2) is 22.6 Å². The maximum absolute atomic E-state index is 14.1. The number of rotatable bonds is 8. The fourth-order valence-corrected chi connectivity index (χ4v) is 5.53. The predicted octanol–water partition coefficient (Wildman–Crippen LogP) is 7.39. The van der Waals surface area contributed by atoms with Gasteiger partial charge in [-0.05, 0) is 68.0 Å². The van der Waals surface area contributed by atoms with Gasteiger partial charge in [0.2, 0.25) is 5.91 Å². The summed E-state index contributed by atoms with van der Waals surface area (Å²) in [7, 11) is 0. The first-order valence-corrected chi connectivity index (χ1v) is 12.0. The molecule has 3 nitrogen and oxygen atoms in total. The molecule has 170 valence electrons. The second-order valence-electron chi connectivity index (χ2n) is 8.74. The van der Waals surface area contributed by atoms with Gasteiger partial charge in [-0.2, -0.15) is 0 Å². The Morgan fingerprint density at radius 2 is 1.84 bits per heavy atom. The standard InChI is InChI=1S/C27H31Cl2NO2/c1-5-15-27(7-3)17-23(20-9-8-10-22(29)16-20)25(19-11-13-21(28)14-12-19)30(26(27)32)24(6-2)18(4)31/h5,8-14,16,23-25H,1,6-7,15,17H2,2-4H3. The van der Waals surface area contributed by atoms with Gasteiger partial charge >= 0.3 is 0 Å². The van der Waals surface area contributed by atoms with Crippen LogP contribution in [0.1, 0.15) is 69.5 Å². The predicted molar refractivity (Wildman–Crippen MR) is 132 cm³/mol. The minimum absolute atomic E-state index is 0.00448. The van der Waals surface area contributed by atoms with Crippen molar-refractivity contribution in [3.63, 3.8) is 0 Å². The smallest absolute Gasteiger partial charge is 0.230 e. The lowest BCUT2D eigenvalue weighted by Crippen LogP contribution is -2.57. The molecule has 0 aromatic heterocycles. The molecule has 1 aliphatic heterocycles. The molecule has 1 amide bonds. The third-order valence-electron chi connectivity index (χ3n) is 6.87. The number of ketones is 1. The quantitative estimate of drug-likeness (QED) is 0.376. The molecule has 32 heavy (non-hydrogen) atoms. The van der Waals surface area contributed by atoms with Crippen LogP contribution < -0.4 is 0 Å². The number of likely N-dealkylation sites (tertiary alicyclic amines) is 1. The van der Waals surface area contributed by atoms with Crippen LogP contribution in [0.25, 0.3) is 0 Å². The lowest BCUT2D eigenvalue weighted by Gasteiger charge is -2.52. The molecule has 0 bridgehead atoms. The van der Waals surface area contributed by atoms with Crippen molar-refractivity contribution in [3.8, 4) is 0 Å². The van der Waals surface area contributed by atoms with E-state index in [1.807, 2.05) is 67.3 Å². The van der Waals surface area contributed by atoms with Gasteiger partial charge < -0.3 is 4.90 Å². The molecule has 0 radical (unpaired) electrons. The molecule has 1 aliphatic rings. The molecule has 2 aromatic rings. The van der Waals surface area contributed by atoms with Crippen molar-refractivity contribution in [2.24, 2.45) is 5.41 Å². The van der Waals surface area contributed by atoms with Crippen LogP contribution >= 0.6 is 23.2 Å². The van der Waals surface area contributed by atoms with Gasteiger partial charge in [0.15, 0.2) is 5.78 Å². The number of carbonyl (C=O) groups excluding carboxylic acids is 2. The number of amides is 1. The van der Waals surface area contributed by atoms with E-state index in [9.17, 15) is 9.59 Å². The van der Waals surface area contributed by atoms with Crippen molar-refractivity contribution in [1.29, 1.82) is 0 Å². The Bertz CT molecular complexity index is 987. The first-order chi connectivity index (χ1) is 15.3. The van der Waals surface area contributed by atoms with E-state index in [1.54, 1.807) is 6.92 Å². The number of hydrogen-bond acceptors (Lipinski definition) is 2. The van der Waals surface area contributed by atoms with E-state index in [1.165, 1.54) is 0 Å². The zero-order chi connectivity index (χ0) is 23.5. The molecule has 3 rings (SSSR count). The highest BCUT2D eigenvalue weighted by molar-refractivity contribution is 6.30. The highest BCUT2D eigenvalue weighted by Crippen LogP contribution is 2.53. The molecule has 1 saturated heterocycles. The van der Waals surface area contributed by atoms with Gasteiger partial charge in [0.25, 0.3) is 0 Å². The maximum Gasteiger partial charge on any atom is 0.230 e. The molecule has 4 atom stereocenters. The molecular weight excluding hydrogens is 441 g/mol. The van der Waals surface area contributed by atoms with Crippen LogP contribution in [0.4, 0.5) is 0 Å². The number of Topliss-reactive ketones (excluding diaryl/α,β-unsaturated/α-hetero) is 1. The van der Waals surface area contributed by atoms with Gasteiger partial charge in [-0.25, -0.2) is 0 Å². The third kappa shape index (κ3) is 4.65. The summed E-state index contributed by atoms with van der Waals surface area (Å²) in [4.78, 5) is 28.7. The van der Waals surface area contributed by atoms with Crippen LogP contribution in [0.15, 0.2) is 61.2 Å². The number of halogens is 2. The zero-order valence-electron chi connectivity index (χ0n) is 19.0. The second-order valence-corrected chi connectivity index (χ2v) is 9.61. The molecule has 0 N–H and O–H groups in total. The Kier molecular flexibility index (Phi) is 7.84. The van der Waals surface area contributed by atoms with Crippen LogP contribution in [0.3, 0.4) is 0 Å². The lowest BCUT2D eigenvalue weighted by molar-refractivity contribution is -0.159. The first kappa shape index (κ1) is 24.5. The van der Waals surface area contributed by atoms with Crippen LogP contribution in [0.5, 0.6) is 0 Å². The van der Waals surface area contributed by atoms with Crippen LogP contribution in [0, 0.1) is 5.41 Å². The average Bonchev–Trinajstić information content (AvgIpc) is 2.77. The Balaban J connectivity index is 2.28. The third-order valence-corrected chi connectivity index (χ3v) is 7.36. The minimum Gasteiger partial charge on any atom is -0.325 e. The topological polar surface area (TPSA) is 37.4 Å². The molecule has 2 aromatic carbocycles. The Labute approximate surface area is 201 Å². The zero-order valence-corrected chi connectivity index (χ0v) is 20.5. The van der Waals surface area contributed by atoms with Gasteiger partial charge in [0.1, 0.15) is 0 Å². The van der Waals surface area contributed by atoms with E-state index in [2.05, 4.69) is 12.6 Å². The fraction of sp³-hybridized carbons (Fsp3) is 0.407. The summed E-state index contributed by atoms with van der Waals surface area (Å²) >= 11 is 12.6. The van der Waals surface area contributed by atoms with Crippen molar-refractivity contribution in [2.45, 2.75) is 64.5 Å². The lowest BCUT2D eigenvalue weighted by atomic mass is 9.64. The first-order valence-electron chi connectivity index (χ1n) is 11.2. The normalized spacial score (nSPS) is 24.3. The van der Waals surface area contributed by atoms with Crippen molar-refractivity contribution in [2.75, 3.05) is 0 Å². The summed E-state index contributed by atoms with van der Waals surface area (Å²) in [6.45, 7) is 9.51. The van der Waals surface area contributed by atoms with Crippen LogP contribution in [-0.2, 0) is 9.59 Å². The van der Waals surface area contributed by atoms with E-state index < -0.39 is 11.5 Å². The van der Waals surface area contributed by atoms with E-state index in [0.29, 0.717) is 35.7 Å². The van der Waals surface area contributed by atoms with Crippen molar-refractivity contribution in [1.82, 2.24) is 4.90 Å².